The van der Waals surface area contributed by atoms with Gasteiger partial charge in [0, 0.05) is 36.0 Å². The predicted octanol–water partition coefficient (Wildman–Crippen LogP) is 4.11. The maximum Gasteiger partial charge on any atom is 0.132 e. The largest absolute Gasteiger partial charge is 0.457 e. The van der Waals surface area contributed by atoms with E-state index in [-0.39, 0.29) is 6.04 Å². The van der Waals surface area contributed by atoms with E-state index >= 15 is 0 Å². The van der Waals surface area contributed by atoms with Crippen LogP contribution in [0.4, 0.5) is 0 Å². The van der Waals surface area contributed by atoms with E-state index in [1.807, 2.05) is 42.6 Å². The van der Waals surface area contributed by atoms with E-state index in [0.717, 1.165) is 30.2 Å². The van der Waals surface area contributed by atoms with Crippen molar-refractivity contribution in [3.8, 4) is 11.5 Å². The van der Waals surface area contributed by atoms with Gasteiger partial charge in [-0.05, 0) is 24.3 Å². The predicted molar refractivity (Wildman–Crippen MR) is 90.7 cm³/mol. The molecular weight excluding hydrogens is 284 g/mol. The van der Waals surface area contributed by atoms with Crippen LogP contribution in [-0.2, 0) is 6.42 Å². The van der Waals surface area contributed by atoms with E-state index in [4.69, 9.17) is 4.74 Å². The average Bonchev–Trinajstić information content (AvgIpc) is 2.62. The Balaban J connectivity index is 1.57. The van der Waals surface area contributed by atoms with Crippen LogP contribution >= 0.6 is 0 Å². The highest BCUT2D eigenvalue weighted by Crippen LogP contribution is 2.42. The molecule has 3 nitrogen and oxygen atoms in total. The monoisotopic (exact) mass is 302 g/mol. The molecule has 1 aromatic heterocycles. The first-order valence-corrected chi connectivity index (χ1v) is 7.91. The molecule has 0 radical (unpaired) electrons. The lowest BCUT2D eigenvalue weighted by Gasteiger charge is -2.29. The molecule has 0 fully saturated rings. The molecule has 0 aliphatic carbocycles. The third kappa shape index (κ3) is 2.83. The van der Waals surface area contributed by atoms with E-state index in [1.165, 1.54) is 11.1 Å². The van der Waals surface area contributed by atoms with Gasteiger partial charge in [0.05, 0.1) is 6.04 Å². The summed E-state index contributed by atoms with van der Waals surface area (Å²) in [6.45, 7) is 0.865. The van der Waals surface area contributed by atoms with Crippen molar-refractivity contribution < 1.29 is 4.74 Å². The summed E-state index contributed by atoms with van der Waals surface area (Å²) in [7, 11) is 0. The van der Waals surface area contributed by atoms with Crippen molar-refractivity contribution in [1.29, 1.82) is 0 Å². The summed E-state index contributed by atoms with van der Waals surface area (Å²) in [5.41, 5.74) is 3.48. The van der Waals surface area contributed by atoms with Crippen molar-refractivity contribution in [3.05, 3.63) is 89.7 Å². The van der Waals surface area contributed by atoms with Crippen LogP contribution in [0.2, 0.25) is 0 Å². The van der Waals surface area contributed by atoms with E-state index < -0.39 is 0 Å². The Labute approximate surface area is 136 Å². The molecule has 3 heteroatoms. The number of ether oxygens (including phenoxy) is 1. The summed E-state index contributed by atoms with van der Waals surface area (Å²) < 4.78 is 6.02. The number of benzene rings is 2. The van der Waals surface area contributed by atoms with Gasteiger partial charge < -0.3 is 10.1 Å². The van der Waals surface area contributed by atoms with E-state index in [0.29, 0.717) is 0 Å². The number of pyridine rings is 1. The van der Waals surface area contributed by atoms with Gasteiger partial charge in [-0.2, -0.15) is 0 Å². The van der Waals surface area contributed by atoms with Gasteiger partial charge in [-0.3, -0.25) is 4.98 Å². The molecule has 1 aliphatic heterocycles. The number of para-hydroxylation sites is 2. The Morgan fingerprint density at radius 3 is 2.13 bits per heavy atom. The number of fused-ring (bicyclic) bond motifs is 2. The molecule has 0 bridgehead atoms. The van der Waals surface area contributed by atoms with Crippen molar-refractivity contribution in [3.63, 3.8) is 0 Å². The van der Waals surface area contributed by atoms with Crippen molar-refractivity contribution in [2.75, 3.05) is 6.54 Å². The van der Waals surface area contributed by atoms with Gasteiger partial charge in [0.15, 0.2) is 0 Å². The van der Waals surface area contributed by atoms with Crippen LogP contribution in [0.25, 0.3) is 0 Å². The van der Waals surface area contributed by atoms with Gasteiger partial charge in [-0.25, -0.2) is 0 Å². The van der Waals surface area contributed by atoms with Crippen molar-refractivity contribution in [2.45, 2.75) is 12.5 Å². The lowest BCUT2D eigenvalue weighted by Crippen LogP contribution is -2.27. The first-order chi connectivity index (χ1) is 11.4. The van der Waals surface area contributed by atoms with E-state index in [1.54, 1.807) is 0 Å². The summed E-state index contributed by atoms with van der Waals surface area (Å²) in [6.07, 6.45) is 2.75. The SMILES string of the molecule is c1ccc(CCNC2c3ccccc3Oc3ccccc32)nc1. The lowest BCUT2D eigenvalue weighted by molar-refractivity contribution is 0.428. The molecule has 3 aromatic rings. The molecule has 0 saturated heterocycles. The fraction of sp³-hybridized carbons (Fsp3) is 0.150. The normalized spacial score (nSPS) is 13.0. The van der Waals surface area contributed by atoms with Gasteiger partial charge in [0.25, 0.3) is 0 Å². The maximum atomic E-state index is 6.02. The highest BCUT2D eigenvalue weighted by molar-refractivity contribution is 5.52. The van der Waals surface area contributed by atoms with Crippen LogP contribution in [0.15, 0.2) is 72.9 Å². The van der Waals surface area contributed by atoms with Crippen LogP contribution < -0.4 is 10.1 Å². The second kappa shape index (κ2) is 6.23. The zero-order valence-corrected chi connectivity index (χ0v) is 12.8. The molecule has 1 N–H and O–H groups in total. The fourth-order valence-electron chi connectivity index (χ4n) is 3.02. The van der Waals surface area contributed by atoms with Crippen LogP contribution in [0.1, 0.15) is 22.9 Å². The number of hydrogen-bond donors (Lipinski definition) is 1. The highest BCUT2D eigenvalue weighted by Gasteiger charge is 2.25. The van der Waals surface area contributed by atoms with Crippen LogP contribution in [0.3, 0.4) is 0 Å². The van der Waals surface area contributed by atoms with Gasteiger partial charge in [0.1, 0.15) is 11.5 Å². The summed E-state index contributed by atoms with van der Waals surface area (Å²) >= 11 is 0. The molecule has 114 valence electrons. The smallest absolute Gasteiger partial charge is 0.132 e. The molecule has 4 rings (SSSR count). The Kier molecular flexibility index (Phi) is 3.78. The lowest BCUT2D eigenvalue weighted by atomic mass is 9.94. The van der Waals surface area contributed by atoms with E-state index in [9.17, 15) is 0 Å². The zero-order valence-electron chi connectivity index (χ0n) is 12.8. The molecule has 2 heterocycles. The molecular formula is C20H18N2O. The molecule has 0 saturated carbocycles. The topological polar surface area (TPSA) is 34.1 Å². The number of nitrogens with one attached hydrogen (secondary N) is 1. The van der Waals surface area contributed by atoms with Gasteiger partial charge in [-0.1, -0.05) is 42.5 Å². The third-order valence-corrected chi connectivity index (χ3v) is 4.14. The summed E-state index contributed by atoms with van der Waals surface area (Å²) in [6, 6.07) is 22.6. The number of nitrogens with zero attached hydrogens (tertiary/aromatic N) is 1. The second-order valence-corrected chi connectivity index (χ2v) is 5.64. The minimum Gasteiger partial charge on any atom is -0.457 e. The first kappa shape index (κ1) is 14.0. The van der Waals surface area contributed by atoms with Gasteiger partial charge >= 0.3 is 0 Å². The number of rotatable bonds is 4. The van der Waals surface area contributed by atoms with Crippen molar-refractivity contribution in [2.24, 2.45) is 0 Å². The van der Waals surface area contributed by atoms with Crippen LogP contribution in [0.5, 0.6) is 11.5 Å². The quantitative estimate of drug-likeness (QED) is 0.787. The zero-order chi connectivity index (χ0) is 15.5. The van der Waals surface area contributed by atoms with Crippen LogP contribution in [-0.4, -0.2) is 11.5 Å². The molecule has 0 spiro atoms. The molecule has 0 atom stereocenters. The molecule has 2 aromatic carbocycles. The second-order valence-electron chi connectivity index (χ2n) is 5.64. The van der Waals surface area contributed by atoms with E-state index in [2.05, 4.69) is 40.6 Å². The Bertz CT molecular complexity index is 756. The Morgan fingerprint density at radius 1 is 0.826 bits per heavy atom. The molecule has 0 amide bonds. The minimum atomic E-state index is 0.153. The third-order valence-electron chi connectivity index (χ3n) is 4.14. The average molecular weight is 302 g/mol. The summed E-state index contributed by atoms with van der Waals surface area (Å²) in [5.74, 6) is 1.86. The van der Waals surface area contributed by atoms with Crippen molar-refractivity contribution >= 4 is 0 Å². The summed E-state index contributed by atoms with van der Waals surface area (Å²) in [5, 5.41) is 3.66. The summed E-state index contributed by atoms with van der Waals surface area (Å²) in [4.78, 5) is 4.39. The number of aromatic nitrogens is 1. The van der Waals surface area contributed by atoms with Gasteiger partial charge in [-0.15, -0.1) is 0 Å². The molecule has 0 unspecified atom stereocenters. The Morgan fingerprint density at radius 2 is 1.48 bits per heavy atom. The molecule has 1 aliphatic rings. The highest BCUT2D eigenvalue weighted by atomic mass is 16.5. The van der Waals surface area contributed by atoms with Crippen molar-refractivity contribution in [1.82, 2.24) is 10.3 Å². The van der Waals surface area contributed by atoms with Crippen LogP contribution in [0, 0.1) is 0 Å². The fourth-order valence-corrected chi connectivity index (χ4v) is 3.02. The molecule has 23 heavy (non-hydrogen) atoms. The Hall–Kier alpha value is -2.65. The van der Waals surface area contributed by atoms with Gasteiger partial charge in [0.2, 0.25) is 0 Å². The standard InChI is InChI=1S/C20H18N2O/c1-3-10-18-16(8-1)20(17-9-2-4-11-19(17)23-18)22-14-12-15-7-5-6-13-21-15/h1-11,13,20,22H,12,14H2. The first-order valence-electron chi connectivity index (χ1n) is 7.91. The minimum absolute atomic E-state index is 0.153. The number of hydrogen-bond acceptors (Lipinski definition) is 3. The maximum absolute atomic E-state index is 6.02.